The fourth-order valence-corrected chi connectivity index (χ4v) is 6.97. The summed E-state index contributed by atoms with van der Waals surface area (Å²) in [4.78, 5) is 14.3. The molecule has 296 valence electrons. The Morgan fingerprint density at radius 1 is 0.607 bits per heavy atom. The molecule has 10 nitrogen and oxygen atoms in total. The first-order valence-electron chi connectivity index (χ1n) is 18.2. The summed E-state index contributed by atoms with van der Waals surface area (Å²) in [5, 5.41) is 30.1. The van der Waals surface area contributed by atoms with Crippen molar-refractivity contribution in [1.29, 1.82) is 0 Å². The summed E-state index contributed by atoms with van der Waals surface area (Å²) in [5.41, 5.74) is -1.62. The van der Waals surface area contributed by atoms with Crippen LogP contribution in [0.25, 0.3) is 11.4 Å². The van der Waals surface area contributed by atoms with Gasteiger partial charge in [-0.15, -0.1) is 0 Å². The summed E-state index contributed by atoms with van der Waals surface area (Å²) in [6, 6.07) is 18.3. The molecule has 6 aromatic rings. The van der Waals surface area contributed by atoms with E-state index in [1.54, 1.807) is 35.6 Å². The fourth-order valence-electron chi connectivity index (χ4n) is 6.97. The van der Waals surface area contributed by atoms with E-state index in [2.05, 4.69) is 30.1 Å². The van der Waals surface area contributed by atoms with Gasteiger partial charge in [0, 0.05) is 74.3 Å². The number of hydrogen-bond donors (Lipinski definition) is 4. The van der Waals surface area contributed by atoms with Crippen molar-refractivity contribution >= 4 is 0 Å². The number of nitrogens with one attached hydrogen (secondary N) is 2. The lowest BCUT2D eigenvalue weighted by Gasteiger charge is -2.23. The number of alkyl halides is 6. The van der Waals surface area contributed by atoms with Crippen molar-refractivity contribution in [1.82, 2.24) is 39.5 Å². The quantitative estimate of drug-likeness (QED) is 0.0936. The van der Waals surface area contributed by atoms with Crippen LogP contribution in [0.15, 0.2) is 97.8 Å². The van der Waals surface area contributed by atoms with Gasteiger partial charge >= 0.3 is 12.4 Å². The Hall–Kier alpha value is -5.22. The average molecular weight is 781 g/mol. The van der Waals surface area contributed by atoms with Crippen LogP contribution in [0.1, 0.15) is 73.7 Å². The highest BCUT2D eigenvalue weighted by Crippen LogP contribution is 2.60. The van der Waals surface area contributed by atoms with Crippen LogP contribution in [0.5, 0.6) is 0 Å². The smallest absolute Gasteiger partial charge is 0.385 e. The van der Waals surface area contributed by atoms with Crippen molar-refractivity contribution < 1.29 is 36.6 Å². The van der Waals surface area contributed by atoms with Gasteiger partial charge in [0.1, 0.15) is 11.6 Å². The number of imidazole rings is 2. The predicted octanol–water partition coefficient (Wildman–Crippen LogP) is 7.86. The van der Waals surface area contributed by atoms with Gasteiger partial charge in [0.25, 0.3) is 0 Å². The Morgan fingerprint density at radius 2 is 0.964 bits per heavy atom. The van der Waals surface area contributed by atoms with Gasteiger partial charge in [-0.05, 0) is 87.1 Å². The number of rotatable bonds is 12. The van der Waals surface area contributed by atoms with Crippen LogP contribution in [0.4, 0.5) is 26.3 Å². The maximum atomic E-state index is 13.1. The highest BCUT2D eigenvalue weighted by molar-refractivity contribution is 5.37. The number of hydrogen-bond acceptors (Lipinski definition) is 6. The molecule has 4 N–H and O–H groups in total. The maximum absolute atomic E-state index is 13.1. The van der Waals surface area contributed by atoms with Gasteiger partial charge in [-0.1, -0.05) is 24.3 Å². The molecule has 0 aliphatic heterocycles. The lowest BCUT2D eigenvalue weighted by atomic mass is 9.92. The third kappa shape index (κ3) is 8.45. The molecular formula is C40H42F6N8O2. The van der Waals surface area contributed by atoms with Crippen molar-refractivity contribution in [2.24, 2.45) is 10.8 Å². The van der Waals surface area contributed by atoms with Crippen LogP contribution in [-0.4, -0.2) is 62.1 Å². The second kappa shape index (κ2) is 14.4. The third-order valence-corrected chi connectivity index (χ3v) is 10.9. The molecule has 0 bridgehead atoms. The summed E-state index contributed by atoms with van der Waals surface area (Å²) in [6.45, 7) is 3.33. The molecule has 2 fully saturated rings. The molecule has 56 heavy (non-hydrogen) atoms. The Balaban J connectivity index is 0.000000172. The van der Waals surface area contributed by atoms with E-state index in [0.29, 0.717) is 34.2 Å². The number of benzene rings is 2. The zero-order chi connectivity index (χ0) is 40.0. The summed E-state index contributed by atoms with van der Waals surface area (Å²) >= 11 is 0. The average Bonchev–Trinajstić information content (AvgIpc) is 3.69. The zero-order valence-electron chi connectivity index (χ0n) is 30.7. The number of aromatic nitrogens is 8. The molecule has 0 spiro atoms. The number of halogens is 6. The van der Waals surface area contributed by atoms with Gasteiger partial charge in [-0.25, -0.2) is 19.3 Å². The molecule has 16 heteroatoms. The van der Waals surface area contributed by atoms with Gasteiger partial charge < -0.3 is 20.2 Å². The van der Waals surface area contributed by atoms with E-state index in [0.717, 1.165) is 11.4 Å². The first-order chi connectivity index (χ1) is 26.4. The molecule has 4 heterocycles. The van der Waals surface area contributed by atoms with Gasteiger partial charge in [-0.3, -0.25) is 0 Å². The number of H-pyrrole nitrogens is 2. The minimum absolute atomic E-state index is 0.0930. The molecule has 0 amide bonds. The second-order valence-electron chi connectivity index (χ2n) is 15.5. The van der Waals surface area contributed by atoms with Gasteiger partial charge in [0.2, 0.25) is 0 Å². The standard InChI is InChI=1S/2C20H21F3N4O/c2*1-18(28,14-3-5-16(6-4-14)27-10-2-9-25-27)12-17-24-13-15(26-17)11-19(7-8-19)20(21,22)23/h2*2-6,9-10,13,28H,7-8,11-12H2,1H3,(H,24,26)/t2*18-/m10/s1. The van der Waals surface area contributed by atoms with Gasteiger partial charge in [0.05, 0.1) is 33.4 Å². The molecule has 4 aromatic heterocycles. The highest BCUT2D eigenvalue weighted by atomic mass is 19.4. The molecule has 2 aromatic carbocycles. The van der Waals surface area contributed by atoms with Crippen molar-refractivity contribution in [3.8, 4) is 11.4 Å². The lowest BCUT2D eigenvalue weighted by molar-refractivity contribution is -0.187. The minimum Gasteiger partial charge on any atom is -0.385 e. The van der Waals surface area contributed by atoms with Gasteiger partial charge in [0.15, 0.2) is 0 Å². The van der Waals surface area contributed by atoms with Crippen LogP contribution in [0, 0.1) is 10.8 Å². The number of aromatic amines is 2. The summed E-state index contributed by atoms with van der Waals surface area (Å²) in [7, 11) is 0. The Morgan fingerprint density at radius 3 is 1.25 bits per heavy atom. The Labute approximate surface area is 318 Å². The van der Waals surface area contributed by atoms with Crippen molar-refractivity contribution in [3.63, 3.8) is 0 Å². The first-order valence-corrected chi connectivity index (χ1v) is 18.2. The third-order valence-electron chi connectivity index (χ3n) is 10.9. The lowest BCUT2D eigenvalue weighted by Crippen LogP contribution is -2.27. The topological polar surface area (TPSA) is 133 Å². The molecule has 2 atom stereocenters. The molecule has 8 rings (SSSR count). The zero-order valence-corrected chi connectivity index (χ0v) is 30.7. The van der Waals surface area contributed by atoms with Crippen molar-refractivity contribution in [2.75, 3.05) is 0 Å². The van der Waals surface area contributed by atoms with E-state index in [-0.39, 0.29) is 51.4 Å². The van der Waals surface area contributed by atoms with Crippen LogP contribution in [-0.2, 0) is 36.9 Å². The van der Waals surface area contributed by atoms with E-state index in [1.807, 2.05) is 73.1 Å². The van der Waals surface area contributed by atoms with Crippen LogP contribution in [0.2, 0.25) is 0 Å². The molecular weight excluding hydrogens is 738 g/mol. The van der Waals surface area contributed by atoms with Crippen LogP contribution < -0.4 is 0 Å². The monoisotopic (exact) mass is 780 g/mol. The Bertz CT molecular complexity index is 2040. The number of nitrogens with zero attached hydrogens (tertiary/aromatic N) is 6. The molecule has 2 saturated carbocycles. The summed E-state index contributed by atoms with van der Waals surface area (Å²) in [5.74, 6) is 0.934. The van der Waals surface area contributed by atoms with E-state index in [1.165, 1.54) is 12.4 Å². The predicted molar refractivity (Wildman–Crippen MR) is 194 cm³/mol. The molecule has 0 unspecified atom stereocenters. The van der Waals surface area contributed by atoms with E-state index in [4.69, 9.17) is 0 Å². The molecule has 0 saturated heterocycles. The van der Waals surface area contributed by atoms with Crippen molar-refractivity contribution in [3.05, 3.63) is 132 Å². The number of aliphatic hydroxyl groups is 2. The summed E-state index contributed by atoms with van der Waals surface area (Å²) < 4.78 is 82.2. The SMILES string of the molecule is C[C@@](O)(Cc1ncc(CC2(C(F)(F)F)CC2)[nH]1)c1ccc(-n2cccn2)cc1.C[C@](O)(Cc1ncc(CC2(C(F)(F)F)CC2)[nH]1)c1ccc(-n2cccn2)cc1. The normalized spacial score (nSPS) is 18.0. The highest BCUT2D eigenvalue weighted by Gasteiger charge is 2.63. The minimum atomic E-state index is -4.19. The van der Waals surface area contributed by atoms with Crippen LogP contribution in [0.3, 0.4) is 0 Å². The fraction of sp³-hybridized carbons (Fsp3) is 0.400. The molecule has 0 radical (unpaired) electrons. The van der Waals surface area contributed by atoms with Gasteiger partial charge in [-0.2, -0.15) is 36.5 Å². The van der Waals surface area contributed by atoms with Crippen LogP contribution >= 0.6 is 0 Å². The van der Waals surface area contributed by atoms with E-state index in [9.17, 15) is 36.6 Å². The largest absolute Gasteiger partial charge is 0.394 e. The summed E-state index contributed by atoms with van der Waals surface area (Å²) in [6.07, 6.45) is 2.31. The van der Waals surface area contributed by atoms with E-state index >= 15 is 0 Å². The second-order valence-corrected chi connectivity index (χ2v) is 15.5. The first kappa shape index (κ1) is 39.0. The van der Waals surface area contributed by atoms with E-state index < -0.39 is 34.4 Å². The van der Waals surface area contributed by atoms with Crippen molar-refractivity contribution in [2.45, 2.75) is 88.8 Å². The molecule has 2 aliphatic rings. The Kier molecular flexibility index (Phi) is 10.0. The molecule has 2 aliphatic carbocycles. The maximum Gasteiger partial charge on any atom is 0.394 e.